The number of nitrogens with one attached hydrogen (secondary N) is 12. The molecule has 0 rings (SSSR count). The molecule has 0 saturated carbocycles. The van der Waals surface area contributed by atoms with Crippen molar-refractivity contribution in [2.45, 2.75) is 101 Å². The number of hydrogen-bond donors (Lipinski definition) is 12. The first-order valence-corrected chi connectivity index (χ1v) is 21.5. The predicted molar refractivity (Wildman–Crippen MR) is 260 cm³/mol. The van der Waals surface area contributed by atoms with Crippen LogP contribution in [0, 0.1) is 35.5 Å². The largest absolute Gasteiger partial charge is 0.320 e. The summed E-state index contributed by atoms with van der Waals surface area (Å²) in [6, 6.07) is 0. The zero-order chi connectivity index (χ0) is 39.9. The Morgan fingerprint density at radius 1 is 0.246 bits per heavy atom. The van der Waals surface area contributed by atoms with E-state index in [1.54, 1.807) is 0 Å². The third kappa shape index (κ3) is 79.1. The molecule has 342 valence electrons. The lowest BCUT2D eigenvalue weighted by atomic mass is 10.3. The van der Waals surface area contributed by atoms with Crippen molar-refractivity contribution >= 4 is 0 Å². The molecule has 0 amide bonds. The summed E-state index contributed by atoms with van der Waals surface area (Å²) in [6.45, 7) is 30.4. The summed E-state index contributed by atoms with van der Waals surface area (Å²) in [5, 5.41) is 39.4. The molecule has 0 atom stereocenters. The molecular formula is C45H102N12. The van der Waals surface area contributed by atoms with Crippen molar-refractivity contribution in [1.82, 2.24) is 63.8 Å². The smallest absolute Gasteiger partial charge is 0.0577 e. The zero-order valence-electron chi connectivity index (χ0n) is 36.2. The standard InChI is InChI=1S/C16H34N4.C14H30N4.C12H26N4.3CH4/c1-3-17-11-5-7-13-19-15-9-10-16-20-14-8-6-12-18-4-2;1-3-15-11-7-13-17-9-5-6-10-18-14-8-12-16-4-2;1-13-7-5-11-15-9-3-4-10-16-12-6-8-14-2;;;/h17-20H,3-8,11-16H2,1-2H3;15-18H,3-4,7-14H2,1-2H3;13-16H,5-12H2,1-2H3;3*1H4. The average molecular weight is 811 g/mol. The Kier molecular flexibility index (Phi) is 84.5. The Bertz CT molecular complexity index is 783. The molecule has 12 N–H and O–H groups in total. The van der Waals surface area contributed by atoms with E-state index in [9.17, 15) is 0 Å². The number of hydrogen-bond acceptors (Lipinski definition) is 12. The lowest BCUT2D eigenvalue weighted by molar-refractivity contribution is 0.609. The first kappa shape index (κ1) is 67.0. The van der Waals surface area contributed by atoms with E-state index in [1.165, 1.54) is 25.7 Å². The highest BCUT2D eigenvalue weighted by atomic mass is 14.9. The Hall–Kier alpha value is -1.80. The van der Waals surface area contributed by atoms with Crippen molar-refractivity contribution in [3.05, 3.63) is 0 Å². The van der Waals surface area contributed by atoms with Gasteiger partial charge in [0.05, 0.1) is 39.3 Å². The van der Waals surface area contributed by atoms with E-state index in [-0.39, 0.29) is 22.3 Å². The second-order valence-electron chi connectivity index (χ2n) is 12.6. The number of unbranched alkanes of at least 4 members (excludes halogenated alkanes) is 2. The maximum absolute atomic E-state index is 3.35. The number of rotatable bonds is 36. The van der Waals surface area contributed by atoms with Crippen LogP contribution in [0.1, 0.15) is 101 Å². The molecular weight excluding hydrogens is 709 g/mol. The minimum absolute atomic E-state index is 0. The van der Waals surface area contributed by atoms with Crippen LogP contribution in [-0.4, -0.2) is 158 Å². The fourth-order valence-electron chi connectivity index (χ4n) is 4.44. The Morgan fingerprint density at radius 2 is 0.421 bits per heavy atom. The summed E-state index contributed by atoms with van der Waals surface area (Å²) >= 11 is 0. The average Bonchev–Trinajstić information content (AvgIpc) is 3.19. The lowest BCUT2D eigenvalue weighted by Crippen LogP contribution is -2.23. The molecule has 57 heavy (non-hydrogen) atoms. The highest BCUT2D eigenvalue weighted by molar-refractivity contribution is 5.03. The van der Waals surface area contributed by atoms with Crippen LogP contribution < -0.4 is 63.8 Å². The van der Waals surface area contributed by atoms with E-state index in [0.717, 1.165) is 170 Å². The van der Waals surface area contributed by atoms with E-state index in [2.05, 4.69) is 127 Å². The monoisotopic (exact) mass is 811 g/mol. The van der Waals surface area contributed by atoms with Crippen molar-refractivity contribution in [2.24, 2.45) is 0 Å². The maximum Gasteiger partial charge on any atom is 0.0577 e. The molecule has 0 aliphatic rings. The normalized spacial score (nSPS) is 9.58. The topological polar surface area (TPSA) is 144 Å². The van der Waals surface area contributed by atoms with Gasteiger partial charge >= 0.3 is 0 Å². The molecule has 0 spiro atoms. The second-order valence-corrected chi connectivity index (χ2v) is 12.6. The summed E-state index contributed by atoms with van der Waals surface area (Å²) in [6.07, 6.45) is 9.56. The summed E-state index contributed by atoms with van der Waals surface area (Å²) < 4.78 is 0. The van der Waals surface area contributed by atoms with Crippen LogP contribution in [0.5, 0.6) is 0 Å². The van der Waals surface area contributed by atoms with Gasteiger partial charge in [-0.1, -0.05) is 85.5 Å². The van der Waals surface area contributed by atoms with Crippen LogP contribution in [0.15, 0.2) is 0 Å². The van der Waals surface area contributed by atoms with E-state index in [1.807, 2.05) is 14.1 Å². The summed E-state index contributed by atoms with van der Waals surface area (Å²) in [5.74, 6) is 18.7. The molecule has 0 heterocycles. The Balaban J connectivity index is -0.000000168. The molecule has 0 aliphatic carbocycles. The van der Waals surface area contributed by atoms with Crippen molar-refractivity contribution in [3.8, 4) is 35.5 Å². The van der Waals surface area contributed by atoms with Gasteiger partial charge in [-0.3, -0.25) is 0 Å². The van der Waals surface area contributed by atoms with Crippen LogP contribution in [0.4, 0.5) is 0 Å². The predicted octanol–water partition coefficient (Wildman–Crippen LogP) is 2.41. The van der Waals surface area contributed by atoms with Gasteiger partial charge in [0.25, 0.3) is 0 Å². The minimum atomic E-state index is 0. The van der Waals surface area contributed by atoms with Crippen LogP contribution >= 0.6 is 0 Å². The fourth-order valence-corrected chi connectivity index (χ4v) is 4.44. The van der Waals surface area contributed by atoms with Crippen molar-refractivity contribution in [3.63, 3.8) is 0 Å². The Morgan fingerprint density at radius 3 is 0.632 bits per heavy atom. The molecule has 0 aromatic rings. The van der Waals surface area contributed by atoms with Crippen molar-refractivity contribution in [1.29, 1.82) is 0 Å². The first-order chi connectivity index (χ1) is 26.7. The van der Waals surface area contributed by atoms with Crippen LogP contribution in [0.25, 0.3) is 0 Å². The van der Waals surface area contributed by atoms with Crippen LogP contribution in [0.3, 0.4) is 0 Å². The van der Waals surface area contributed by atoms with Crippen molar-refractivity contribution < 1.29 is 0 Å². The van der Waals surface area contributed by atoms with Gasteiger partial charge in [-0.2, -0.15) is 0 Å². The van der Waals surface area contributed by atoms with Gasteiger partial charge < -0.3 is 63.8 Å². The van der Waals surface area contributed by atoms with Crippen molar-refractivity contribution in [2.75, 3.05) is 158 Å². The van der Waals surface area contributed by atoms with Gasteiger partial charge in [0.2, 0.25) is 0 Å². The van der Waals surface area contributed by atoms with E-state index in [0.29, 0.717) is 0 Å². The quantitative estimate of drug-likeness (QED) is 0.0334. The molecule has 0 unspecified atom stereocenters. The highest BCUT2D eigenvalue weighted by Gasteiger charge is 1.90. The van der Waals surface area contributed by atoms with Crippen LogP contribution in [-0.2, 0) is 0 Å². The van der Waals surface area contributed by atoms with Gasteiger partial charge in [-0.25, -0.2) is 0 Å². The van der Waals surface area contributed by atoms with Gasteiger partial charge in [0, 0.05) is 0 Å². The molecule has 0 radical (unpaired) electrons. The van der Waals surface area contributed by atoms with Gasteiger partial charge in [-0.05, 0) is 170 Å². The molecule has 0 aromatic heterocycles. The summed E-state index contributed by atoms with van der Waals surface area (Å²) in [7, 11) is 3.94. The lowest BCUT2D eigenvalue weighted by Gasteiger charge is -2.02. The molecule has 0 aromatic carbocycles. The Labute approximate surface area is 357 Å². The van der Waals surface area contributed by atoms with Gasteiger partial charge in [0.1, 0.15) is 0 Å². The molecule has 0 fully saturated rings. The maximum atomic E-state index is 3.35. The third-order valence-corrected chi connectivity index (χ3v) is 7.54. The summed E-state index contributed by atoms with van der Waals surface area (Å²) in [5.41, 5.74) is 0. The van der Waals surface area contributed by atoms with Gasteiger partial charge in [0.15, 0.2) is 0 Å². The van der Waals surface area contributed by atoms with E-state index in [4.69, 9.17) is 0 Å². The zero-order valence-corrected chi connectivity index (χ0v) is 36.2. The third-order valence-electron chi connectivity index (χ3n) is 7.54. The molecule has 12 heteroatoms. The van der Waals surface area contributed by atoms with E-state index >= 15 is 0 Å². The second kappa shape index (κ2) is 71.9. The highest BCUT2D eigenvalue weighted by Crippen LogP contribution is 1.84. The fraction of sp³-hybridized carbons (Fsp3) is 0.867. The minimum Gasteiger partial charge on any atom is -0.320 e. The summed E-state index contributed by atoms with van der Waals surface area (Å²) in [4.78, 5) is 0. The first-order valence-electron chi connectivity index (χ1n) is 21.5. The molecule has 0 bridgehead atoms. The molecule has 0 saturated heterocycles. The van der Waals surface area contributed by atoms with Gasteiger partial charge in [-0.15, -0.1) is 0 Å². The SMILES string of the molecule is C.C.C.CCNCCCCNCC#CCNCCCCNCC.CCNCCCNCC#CCNCCCNCC.CNCCCNCC#CCNCCCNC. The molecule has 0 aliphatic heterocycles. The van der Waals surface area contributed by atoms with E-state index < -0.39 is 0 Å². The molecule has 12 nitrogen and oxygen atoms in total. The van der Waals surface area contributed by atoms with Crippen LogP contribution in [0.2, 0.25) is 0 Å².